The fourth-order valence-electron chi connectivity index (χ4n) is 1.91. The Balaban J connectivity index is 2.90. The number of rotatable bonds is 6. The molecule has 0 aromatic heterocycles. The van der Waals surface area contributed by atoms with E-state index in [1.807, 2.05) is 13.0 Å². The molecule has 0 bridgehead atoms. The number of nitrogens with one attached hydrogen (secondary N) is 1. The molecule has 0 unspecified atom stereocenters. The van der Waals surface area contributed by atoms with Crippen molar-refractivity contribution in [3.8, 4) is 0 Å². The summed E-state index contributed by atoms with van der Waals surface area (Å²) in [6, 6.07) is -0.887. The first-order valence-electron chi connectivity index (χ1n) is 6.14. The Kier molecular flexibility index (Phi) is 5.84. The van der Waals surface area contributed by atoms with Gasteiger partial charge in [0.25, 0.3) is 0 Å². The Morgan fingerprint density at radius 3 is 2.53 bits per heavy atom. The highest BCUT2D eigenvalue weighted by Gasteiger charge is 2.42. The second kappa shape index (κ2) is 6.93. The van der Waals surface area contributed by atoms with Gasteiger partial charge in [0.2, 0.25) is 0 Å². The number of aliphatic hydroxyl groups is 1. The quantitative estimate of drug-likeness (QED) is 0.574. The molecule has 1 aliphatic rings. The fourth-order valence-corrected chi connectivity index (χ4v) is 3.41. The van der Waals surface area contributed by atoms with Crippen molar-refractivity contribution in [1.82, 2.24) is 5.32 Å². The van der Waals surface area contributed by atoms with Crippen LogP contribution in [0.3, 0.4) is 0 Å². The van der Waals surface area contributed by atoms with Crippen molar-refractivity contribution in [3.05, 3.63) is 11.0 Å². The van der Waals surface area contributed by atoms with Crippen LogP contribution < -0.4 is 5.32 Å². The van der Waals surface area contributed by atoms with Gasteiger partial charge in [-0.25, -0.2) is 0 Å². The highest BCUT2D eigenvalue weighted by molar-refractivity contribution is 8.04. The molecule has 108 valence electrons. The van der Waals surface area contributed by atoms with Crippen LogP contribution in [0.4, 0.5) is 0 Å². The van der Waals surface area contributed by atoms with Crippen molar-refractivity contribution >= 4 is 23.7 Å². The predicted molar refractivity (Wildman–Crippen MR) is 71.7 cm³/mol. The van der Waals surface area contributed by atoms with Crippen LogP contribution in [-0.2, 0) is 9.59 Å². The summed E-state index contributed by atoms with van der Waals surface area (Å²) >= 11 is 1.18. The average Bonchev–Trinajstić information content (AvgIpc) is 2.69. The summed E-state index contributed by atoms with van der Waals surface area (Å²) in [5.41, 5.74) is 0. The van der Waals surface area contributed by atoms with Crippen LogP contribution in [0.1, 0.15) is 26.7 Å². The van der Waals surface area contributed by atoms with E-state index in [9.17, 15) is 14.7 Å². The van der Waals surface area contributed by atoms with E-state index in [2.05, 4.69) is 5.32 Å². The van der Waals surface area contributed by atoms with E-state index in [4.69, 9.17) is 10.2 Å². The molecule has 19 heavy (non-hydrogen) atoms. The maximum Gasteiger partial charge on any atom is 0.325 e. The van der Waals surface area contributed by atoms with Gasteiger partial charge in [0.1, 0.15) is 12.0 Å². The Labute approximate surface area is 115 Å². The number of hydrogen-bond donors (Lipinski definition) is 4. The van der Waals surface area contributed by atoms with E-state index in [0.717, 1.165) is 12.8 Å². The van der Waals surface area contributed by atoms with E-state index in [-0.39, 0.29) is 0 Å². The number of carboxylic acid groups (broad SMARTS) is 2. The zero-order valence-corrected chi connectivity index (χ0v) is 11.7. The van der Waals surface area contributed by atoms with Gasteiger partial charge in [-0.15, -0.1) is 11.8 Å². The molecule has 0 aromatic rings. The molecule has 1 aliphatic heterocycles. The van der Waals surface area contributed by atoms with Gasteiger partial charge < -0.3 is 15.3 Å². The average molecular weight is 289 g/mol. The molecule has 1 rings (SSSR count). The number of carbonyl (C=O) groups is 2. The first kappa shape index (κ1) is 16.0. The van der Waals surface area contributed by atoms with Crippen molar-refractivity contribution < 1.29 is 24.9 Å². The van der Waals surface area contributed by atoms with Gasteiger partial charge >= 0.3 is 11.9 Å². The molecule has 0 saturated carbocycles. The molecule has 6 nitrogen and oxygen atoms in total. The van der Waals surface area contributed by atoms with Gasteiger partial charge in [0, 0.05) is 4.91 Å². The second-order valence-electron chi connectivity index (χ2n) is 4.48. The zero-order chi connectivity index (χ0) is 14.6. The molecule has 0 amide bonds. The van der Waals surface area contributed by atoms with Crippen molar-refractivity contribution in [1.29, 1.82) is 0 Å². The van der Waals surface area contributed by atoms with Crippen LogP contribution in [0, 0.1) is 5.92 Å². The molecular formula is C12H19NO5S. The maximum absolute atomic E-state index is 11.2. The third-order valence-corrected chi connectivity index (χ3v) is 4.25. The van der Waals surface area contributed by atoms with Crippen LogP contribution in [0.5, 0.6) is 0 Å². The van der Waals surface area contributed by atoms with Crippen LogP contribution in [-0.4, -0.2) is 44.8 Å². The lowest BCUT2D eigenvalue weighted by Crippen LogP contribution is -2.45. The standard InChI is InChI=1S/C12H19NO5S/c1-3-4-5-7-9(12(17)18)13-10(19-7)8(6(2)14)11(15)16/h5-6,8-10,13-14H,3-4H2,1-2H3,(H,15,16)(H,17,18)/b7-5-/t6-,8-,9-,10-/m1/s1. The van der Waals surface area contributed by atoms with E-state index >= 15 is 0 Å². The molecular weight excluding hydrogens is 270 g/mol. The highest BCUT2D eigenvalue weighted by atomic mass is 32.2. The van der Waals surface area contributed by atoms with Crippen molar-refractivity contribution in [2.45, 2.75) is 44.2 Å². The largest absolute Gasteiger partial charge is 0.481 e. The number of hydrogen-bond acceptors (Lipinski definition) is 5. The van der Waals surface area contributed by atoms with Crippen LogP contribution in [0.2, 0.25) is 0 Å². The van der Waals surface area contributed by atoms with Crippen LogP contribution in [0.25, 0.3) is 0 Å². The van der Waals surface area contributed by atoms with Gasteiger partial charge in [0.05, 0.1) is 11.5 Å². The summed E-state index contributed by atoms with van der Waals surface area (Å²) in [5, 5.41) is 29.9. The van der Waals surface area contributed by atoms with Gasteiger partial charge in [-0.3, -0.25) is 14.9 Å². The molecule has 0 aromatic carbocycles. The monoisotopic (exact) mass is 289 g/mol. The van der Waals surface area contributed by atoms with E-state index in [1.165, 1.54) is 18.7 Å². The summed E-state index contributed by atoms with van der Waals surface area (Å²) in [4.78, 5) is 22.9. The number of aliphatic carboxylic acids is 2. The van der Waals surface area contributed by atoms with Crippen LogP contribution in [0.15, 0.2) is 11.0 Å². The Morgan fingerprint density at radius 2 is 2.11 bits per heavy atom. The summed E-state index contributed by atoms with van der Waals surface area (Å²) in [6.07, 6.45) is 2.40. The number of carboxylic acids is 2. The summed E-state index contributed by atoms with van der Waals surface area (Å²) in [7, 11) is 0. The first-order valence-corrected chi connectivity index (χ1v) is 7.02. The molecule has 1 heterocycles. The SMILES string of the molecule is CCC/C=C1\S[C@H]([C@H](C(=O)O)[C@@H](C)O)N[C@H]1C(=O)O. The lowest BCUT2D eigenvalue weighted by molar-refractivity contribution is -0.146. The van der Waals surface area contributed by atoms with Crippen molar-refractivity contribution in [2.24, 2.45) is 5.92 Å². The smallest absolute Gasteiger partial charge is 0.325 e. The first-order chi connectivity index (χ1) is 8.88. The lowest BCUT2D eigenvalue weighted by atomic mass is 10.0. The fraction of sp³-hybridized carbons (Fsp3) is 0.667. The van der Waals surface area contributed by atoms with Gasteiger partial charge in [-0.05, 0) is 13.3 Å². The van der Waals surface area contributed by atoms with Crippen molar-refractivity contribution in [3.63, 3.8) is 0 Å². The number of aliphatic hydroxyl groups excluding tert-OH is 1. The van der Waals surface area contributed by atoms with Crippen LogP contribution >= 0.6 is 11.8 Å². The number of unbranched alkanes of at least 4 members (excludes halogenated alkanes) is 1. The Hall–Kier alpha value is -1.05. The molecule has 4 N–H and O–H groups in total. The lowest BCUT2D eigenvalue weighted by Gasteiger charge is -2.21. The normalized spacial score (nSPS) is 28.3. The van der Waals surface area contributed by atoms with Crippen molar-refractivity contribution in [2.75, 3.05) is 0 Å². The molecule has 0 spiro atoms. The van der Waals surface area contributed by atoms with Gasteiger partial charge in [-0.2, -0.15) is 0 Å². The maximum atomic E-state index is 11.2. The topological polar surface area (TPSA) is 107 Å². The zero-order valence-electron chi connectivity index (χ0n) is 10.9. The minimum atomic E-state index is -1.14. The highest BCUT2D eigenvalue weighted by Crippen LogP contribution is 2.36. The van der Waals surface area contributed by atoms with E-state index < -0.39 is 35.4 Å². The van der Waals surface area contributed by atoms with E-state index in [1.54, 1.807) is 0 Å². The molecule has 1 fully saturated rings. The van der Waals surface area contributed by atoms with Gasteiger partial charge in [0.15, 0.2) is 0 Å². The van der Waals surface area contributed by atoms with E-state index in [0.29, 0.717) is 4.91 Å². The minimum Gasteiger partial charge on any atom is -0.481 e. The third kappa shape index (κ3) is 3.95. The number of allylic oxidation sites excluding steroid dienone is 1. The Morgan fingerprint density at radius 1 is 1.47 bits per heavy atom. The summed E-state index contributed by atoms with van der Waals surface area (Å²) in [6.45, 7) is 3.37. The molecule has 4 atom stereocenters. The second-order valence-corrected chi connectivity index (χ2v) is 5.69. The molecule has 7 heteroatoms. The Bertz CT molecular complexity index is 382. The molecule has 1 saturated heterocycles. The summed E-state index contributed by atoms with van der Waals surface area (Å²) in [5.74, 6) is -3.22. The molecule has 0 radical (unpaired) electrons. The van der Waals surface area contributed by atoms with Gasteiger partial charge in [-0.1, -0.05) is 19.4 Å². The number of thioether (sulfide) groups is 1. The summed E-state index contributed by atoms with van der Waals surface area (Å²) < 4.78 is 0. The third-order valence-electron chi connectivity index (χ3n) is 2.89. The molecule has 0 aliphatic carbocycles. The predicted octanol–water partition coefficient (Wildman–Crippen LogP) is 0.868. The minimum absolute atomic E-state index is 0.617.